The Hall–Kier alpha value is -3.54. The van der Waals surface area contributed by atoms with Crippen molar-refractivity contribution in [3.05, 3.63) is 23.8 Å². The number of carbonyl (C=O) groups excluding carboxylic acids is 3. The molecule has 2 atom stereocenters. The number of ether oxygens (including phenoxy) is 4. The summed E-state index contributed by atoms with van der Waals surface area (Å²) in [7, 11) is 3.17. The standard InChI is InChI=1S/C32H49N3O9/c1-6-43-30(37)15-14-29(36)33(24-9-10-24)17-16-25-11-12-26(21-34(25)32(39)40)35(22(2)3)31(38)23-8-13-27(42-5)28(20-23)44-19-7-18-41-4/h8,13,20,22,24-26H,6-7,9-12,14-19,21H2,1-5H3,(H,39,40)/t25-,26-/m1/s1. The topological polar surface area (TPSA) is 135 Å². The van der Waals surface area contributed by atoms with E-state index in [1.165, 1.54) is 4.90 Å². The number of carboxylic acid groups (broad SMARTS) is 1. The van der Waals surface area contributed by atoms with Crippen molar-refractivity contribution in [2.75, 3.05) is 47.1 Å². The Morgan fingerprint density at radius 3 is 2.34 bits per heavy atom. The van der Waals surface area contributed by atoms with Crippen LogP contribution in [0, 0.1) is 0 Å². The second kappa shape index (κ2) is 17.1. The molecule has 0 spiro atoms. The van der Waals surface area contributed by atoms with Crippen molar-refractivity contribution < 1.29 is 43.2 Å². The highest BCUT2D eigenvalue weighted by Crippen LogP contribution is 2.32. The summed E-state index contributed by atoms with van der Waals surface area (Å²) in [4.78, 5) is 55.9. The van der Waals surface area contributed by atoms with E-state index >= 15 is 0 Å². The molecule has 44 heavy (non-hydrogen) atoms. The Bertz CT molecular complexity index is 1120. The van der Waals surface area contributed by atoms with E-state index in [9.17, 15) is 24.3 Å². The highest BCUT2D eigenvalue weighted by atomic mass is 16.5. The number of nitrogens with zero attached hydrogens (tertiary/aromatic N) is 3. The number of rotatable bonds is 17. The number of hydrogen-bond acceptors (Lipinski definition) is 8. The summed E-state index contributed by atoms with van der Waals surface area (Å²) < 4.78 is 21.3. The SMILES string of the molecule is CCOC(=O)CCC(=O)N(CC[C@H]1CC[C@@H](N(C(=O)c2ccc(OC)c(OCCCOC)c2)C(C)C)CN1C(=O)O)C1CC1. The van der Waals surface area contributed by atoms with Gasteiger partial charge in [-0.15, -0.1) is 0 Å². The number of esters is 1. The van der Waals surface area contributed by atoms with Gasteiger partial charge in [0.25, 0.3) is 5.91 Å². The van der Waals surface area contributed by atoms with E-state index in [0.717, 1.165) is 12.8 Å². The second-order valence-electron chi connectivity index (χ2n) is 11.6. The summed E-state index contributed by atoms with van der Waals surface area (Å²) in [5.74, 6) is 0.287. The van der Waals surface area contributed by atoms with Crippen LogP contribution >= 0.6 is 0 Å². The van der Waals surface area contributed by atoms with Gasteiger partial charge < -0.3 is 38.8 Å². The van der Waals surface area contributed by atoms with Crippen LogP contribution in [0.1, 0.15) is 82.5 Å². The highest BCUT2D eigenvalue weighted by Gasteiger charge is 2.39. The van der Waals surface area contributed by atoms with Crippen molar-refractivity contribution >= 4 is 23.9 Å². The zero-order chi connectivity index (χ0) is 32.2. The zero-order valence-electron chi connectivity index (χ0n) is 26.8. The number of amides is 3. The average Bonchev–Trinajstić information content (AvgIpc) is 3.84. The fourth-order valence-electron chi connectivity index (χ4n) is 5.82. The van der Waals surface area contributed by atoms with E-state index in [2.05, 4.69) is 0 Å². The third-order valence-electron chi connectivity index (χ3n) is 8.13. The first-order valence-corrected chi connectivity index (χ1v) is 15.7. The molecule has 1 aliphatic heterocycles. The van der Waals surface area contributed by atoms with Crippen LogP contribution < -0.4 is 9.47 Å². The van der Waals surface area contributed by atoms with Crippen molar-refractivity contribution in [1.29, 1.82) is 0 Å². The van der Waals surface area contributed by atoms with Crippen molar-refractivity contribution in [3.8, 4) is 11.5 Å². The van der Waals surface area contributed by atoms with Crippen LogP contribution in [0.25, 0.3) is 0 Å². The van der Waals surface area contributed by atoms with Crippen molar-refractivity contribution in [2.45, 2.75) is 96.3 Å². The maximum absolute atomic E-state index is 13.9. The van der Waals surface area contributed by atoms with Gasteiger partial charge in [0.15, 0.2) is 11.5 Å². The predicted molar refractivity (Wildman–Crippen MR) is 163 cm³/mol. The van der Waals surface area contributed by atoms with Crippen LogP contribution in [-0.2, 0) is 19.1 Å². The molecule has 246 valence electrons. The molecule has 12 heteroatoms. The van der Waals surface area contributed by atoms with E-state index in [1.54, 1.807) is 49.1 Å². The lowest BCUT2D eigenvalue weighted by Gasteiger charge is -2.44. The van der Waals surface area contributed by atoms with E-state index in [1.807, 2.05) is 13.8 Å². The van der Waals surface area contributed by atoms with Gasteiger partial charge in [0.1, 0.15) is 0 Å². The largest absolute Gasteiger partial charge is 0.493 e. The zero-order valence-corrected chi connectivity index (χ0v) is 26.8. The van der Waals surface area contributed by atoms with Gasteiger partial charge in [-0.1, -0.05) is 0 Å². The molecule has 1 aromatic rings. The van der Waals surface area contributed by atoms with E-state index in [4.69, 9.17) is 18.9 Å². The van der Waals surface area contributed by atoms with Gasteiger partial charge >= 0.3 is 12.1 Å². The van der Waals surface area contributed by atoms with Crippen molar-refractivity contribution in [1.82, 2.24) is 14.7 Å². The second-order valence-corrected chi connectivity index (χ2v) is 11.6. The molecule has 12 nitrogen and oxygen atoms in total. The summed E-state index contributed by atoms with van der Waals surface area (Å²) in [6.07, 6.45) is 3.29. The van der Waals surface area contributed by atoms with Crippen LogP contribution in [0.5, 0.6) is 11.5 Å². The van der Waals surface area contributed by atoms with Gasteiger partial charge in [-0.25, -0.2) is 4.79 Å². The smallest absolute Gasteiger partial charge is 0.407 e. The molecule has 1 saturated heterocycles. The van der Waals surface area contributed by atoms with Gasteiger partial charge in [-0.3, -0.25) is 14.4 Å². The predicted octanol–water partition coefficient (Wildman–Crippen LogP) is 4.20. The lowest BCUT2D eigenvalue weighted by Crippen LogP contribution is -2.57. The fourth-order valence-corrected chi connectivity index (χ4v) is 5.82. The Labute approximate surface area is 260 Å². The molecular formula is C32H49N3O9. The fraction of sp³-hybridized carbons (Fsp3) is 0.688. The Balaban J connectivity index is 1.67. The van der Waals surface area contributed by atoms with Crippen LogP contribution in [0.3, 0.4) is 0 Å². The molecule has 3 rings (SSSR count). The molecule has 0 bridgehead atoms. The van der Waals surface area contributed by atoms with Gasteiger partial charge in [-0.2, -0.15) is 0 Å². The van der Waals surface area contributed by atoms with E-state index < -0.39 is 12.1 Å². The molecule has 0 radical (unpaired) electrons. The Kier molecular flexibility index (Phi) is 13.6. The molecule has 2 aliphatic rings. The summed E-state index contributed by atoms with van der Waals surface area (Å²) in [6.45, 7) is 7.42. The minimum atomic E-state index is -1.04. The van der Waals surface area contributed by atoms with E-state index in [-0.39, 0.29) is 62.0 Å². The Morgan fingerprint density at radius 1 is 1.00 bits per heavy atom. The number of carbonyl (C=O) groups is 4. The quantitative estimate of drug-likeness (QED) is 0.201. The third-order valence-corrected chi connectivity index (χ3v) is 8.13. The molecule has 1 aliphatic carbocycles. The maximum Gasteiger partial charge on any atom is 0.407 e. The van der Waals surface area contributed by atoms with Crippen molar-refractivity contribution in [2.24, 2.45) is 0 Å². The molecule has 0 aromatic heterocycles. The number of likely N-dealkylation sites (tertiary alicyclic amines) is 1. The number of benzene rings is 1. The average molecular weight is 620 g/mol. The number of piperidine rings is 1. The molecule has 1 aromatic carbocycles. The lowest BCUT2D eigenvalue weighted by atomic mass is 9.93. The van der Waals surface area contributed by atoms with Crippen LogP contribution in [0.2, 0.25) is 0 Å². The molecule has 1 N–H and O–H groups in total. The van der Waals surface area contributed by atoms with Crippen LogP contribution in [-0.4, -0.2) is 115 Å². The molecule has 1 saturated carbocycles. The first-order valence-electron chi connectivity index (χ1n) is 15.7. The van der Waals surface area contributed by atoms with Crippen molar-refractivity contribution in [3.63, 3.8) is 0 Å². The summed E-state index contributed by atoms with van der Waals surface area (Å²) in [5, 5.41) is 10.2. The number of methoxy groups -OCH3 is 2. The monoisotopic (exact) mass is 619 g/mol. The van der Waals surface area contributed by atoms with E-state index in [0.29, 0.717) is 62.5 Å². The van der Waals surface area contributed by atoms with Gasteiger partial charge in [0.2, 0.25) is 5.91 Å². The number of hydrogen-bond donors (Lipinski definition) is 1. The van der Waals surface area contributed by atoms with Gasteiger partial charge in [-0.05, 0) is 71.1 Å². The molecular weight excluding hydrogens is 570 g/mol. The first-order chi connectivity index (χ1) is 21.1. The normalized spacial score (nSPS) is 18.1. The first kappa shape index (κ1) is 34.9. The summed E-state index contributed by atoms with van der Waals surface area (Å²) in [6, 6.07) is 4.47. The summed E-state index contributed by atoms with van der Waals surface area (Å²) in [5.41, 5.74) is 0.437. The van der Waals surface area contributed by atoms with Gasteiger partial charge in [0, 0.05) is 63.3 Å². The third kappa shape index (κ3) is 9.73. The Morgan fingerprint density at radius 2 is 1.73 bits per heavy atom. The van der Waals surface area contributed by atoms with Crippen LogP contribution in [0.15, 0.2) is 18.2 Å². The molecule has 2 fully saturated rings. The molecule has 3 amide bonds. The molecule has 1 heterocycles. The minimum absolute atomic E-state index is 0.0386. The lowest BCUT2D eigenvalue weighted by molar-refractivity contribution is -0.145. The maximum atomic E-state index is 13.9. The molecule has 0 unspecified atom stereocenters. The summed E-state index contributed by atoms with van der Waals surface area (Å²) >= 11 is 0. The minimum Gasteiger partial charge on any atom is -0.493 e. The highest BCUT2D eigenvalue weighted by molar-refractivity contribution is 5.95. The van der Waals surface area contributed by atoms with Crippen LogP contribution in [0.4, 0.5) is 4.79 Å². The van der Waals surface area contributed by atoms with Gasteiger partial charge in [0.05, 0.1) is 32.8 Å².